The van der Waals surface area contributed by atoms with Gasteiger partial charge in [-0.3, -0.25) is 14.2 Å². The summed E-state index contributed by atoms with van der Waals surface area (Å²) in [6, 6.07) is 7.42. The summed E-state index contributed by atoms with van der Waals surface area (Å²) in [5, 5.41) is 0.547. The first-order valence-electron chi connectivity index (χ1n) is 7.28. The molecule has 21 heavy (non-hydrogen) atoms. The van der Waals surface area contributed by atoms with Crippen LogP contribution in [0.15, 0.2) is 35.4 Å². The quantitative estimate of drug-likeness (QED) is 0.858. The Morgan fingerprint density at radius 1 is 1.43 bits per heavy atom. The molecule has 1 aliphatic carbocycles. The van der Waals surface area contributed by atoms with E-state index in [-0.39, 0.29) is 24.1 Å². The van der Waals surface area contributed by atoms with Crippen molar-refractivity contribution in [2.24, 2.45) is 5.92 Å². The number of carbonyl (C=O) groups excluding carboxylic acids is 1. The van der Waals surface area contributed by atoms with E-state index in [1.54, 1.807) is 23.1 Å². The number of nitrogens with zero attached hydrogens (tertiary/aromatic N) is 3. The average molecular weight is 285 g/mol. The zero-order valence-electron chi connectivity index (χ0n) is 12.3. The number of likely N-dealkylation sites (N-methyl/N-ethyl adjacent to an activating group) is 1. The fourth-order valence-electron chi connectivity index (χ4n) is 2.60. The lowest BCUT2D eigenvalue weighted by atomic mass is 10.2. The smallest absolute Gasteiger partial charge is 0.261 e. The molecular weight excluding hydrogens is 266 g/mol. The highest BCUT2D eigenvalue weighted by atomic mass is 16.2. The third-order valence-corrected chi connectivity index (χ3v) is 4.35. The molecule has 5 nitrogen and oxygen atoms in total. The summed E-state index contributed by atoms with van der Waals surface area (Å²) >= 11 is 0. The van der Waals surface area contributed by atoms with E-state index in [4.69, 9.17) is 0 Å². The molecule has 1 aromatic carbocycles. The fraction of sp³-hybridized carbons (Fsp3) is 0.438. The van der Waals surface area contributed by atoms with E-state index in [1.165, 1.54) is 23.7 Å². The average Bonchev–Trinajstić information content (AvgIpc) is 3.33. The van der Waals surface area contributed by atoms with Crippen molar-refractivity contribution in [3.63, 3.8) is 0 Å². The van der Waals surface area contributed by atoms with Gasteiger partial charge in [-0.25, -0.2) is 4.98 Å². The predicted octanol–water partition coefficient (Wildman–Crippen LogP) is 1.65. The van der Waals surface area contributed by atoms with Crippen LogP contribution in [0, 0.1) is 5.92 Å². The van der Waals surface area contributed by atoms with Crippen LogP contribution in [0.5, 0.6) is 0 Å². The van der Waals surface area contributed by atoms with Crippen LogP contribution in [0.1, 0.15) is 19.8 Å². The van der Waals surface area contributed by atoms with Gasteiger partial charge in [0.15, 0.2) is 0 Å². The largest absolute Gasteiger partial charge is 0.341 e. The highest BCUT2D eigenvalue weighted by Gasteiger charge is 2.32. The highest BCUT2D eigenvalue weighted by Crippen LogP contribution is 2.34. The molecule has 1 aliphatic rings. The monoisotopic (exact) mass is 285 g/mol. The van der Waals surface area contributed by atoms with Crippen LogP contribution in [0.25, 0.3) is 10.9 Å². The molecule has 0 aliphatic heterocycles. The van der Waals surface area contributed by atoms with Crippen molar-refractivity contribution in [1.82, 2.24) is 14.5 Å². The SMILES string of the molecule is C[C@@H](C1CC1)N(C)C(=O)Cn1cnc2ccccc2c1=O. The molecule has 1 atom stereocenters. The lowest BCUT2D eigenvalue weighted by Gasteiger charge is -2.25. The molecular formula is C16H19N3O2. The Balaban J connectivity index is 1.82. The summed E-state index contributed by atoms with van der Waals surface area (Å²) in [5.74, 6) is 0.569. The van der Waals surface area contributed by atoms with E-state index in [2.05, 4.69) is 11.9 Å². The molecule has 0 unspecified atom stereocenters. The Bertz CT molecular complexity index is 734. The van der Waals surface area contributed by atoms with Crippen molar-refractivity contribution >= 4 is 16.8 Å². The van der Waals surface area contributed by atoms with Gasteiger partial charge in [-0.2, -0.15) is 0 Å². The summed E-state index contributed by atoms with van der Waals surface area (Å²) in [7, 11) is 1.81. The Hall–Kier alpha value is -2.17. The summed E-state index contributed by atoms with van der Waals surface area (Å²) in [6.45, 7) is 2.11. The number of carbonyl (C=O) groups is 1. The molecule has 1 saturated carbocycles. The lowest BCUT2D eigenvalue weighted by molar-refractivity contribution is -0.132. The van der Waals surface area contributed by atoms with Gasteiger partial charge < -0.3 is 4.90 Å². The number of aromatic nitrogens is 2. The molecule has 0 spiro atoms. The van der Waals surface area contributed by atoms with Crippen LogP contribution in [-0.2, 0) is 11.3 Å². The minimum atomic E-state index is -0.165. The van der Waals surface area contributed by atoms with Gasteiger partial charge in [0.1, 0.15) is 6.54 Å². The molecule has 0 radical (unpaired) electrons. The second-order valence-corrected chi connectivity index (χ2v) is 5.78. The Morgan fingerprint density at radius 3 is 2.86 bits per heavy atom. The van der Waals surface area contributed by atoms with Gasteiger partial charge in [0.25, 0.3) is 5.56 Å². The Morgan fingerprint density at radius 2 is 2.14 bits per heavy atom. The standard InChI is InChI=1S/C16H19N3O2/c1-11(12-7-8-12)18(2)15(20)9-19-10-17-14-6-4-3-5-13(14)16(19)21/h3-6,10-12H,7-9H2,1-2H3/t11-/m0/s1. The van der Waals surface area contributed by atoms with Crippen LogP contribution in [0.4, 0.5) is 0 Å². The van der Waals surface area contributed by atoms with E-state index in [0.717, 1.165) is 0 Å². The van der Waals surface area contributed by atoms with Crippen LogP contribution in [0.2, 0.25) is 0 Å². The van der Waals surface area contributed by atoms with Crippen molar-refractivity contribution in [1.29, 1.82) is 0 Å². The van der Waals surface area contributed by atoms with Crippen molar-refractivity contribution in [3.05, 3.63) is 40.9 Å². The summed E-state index contributed by atoms with van der Waals surface area (Å²) in [5.41, 5.74) is 0.493. The second-order valence-electron chi connectivity index (χ2n) is 5.78. The molecule has 1 heterocycles. The van der Waals surface area contributed by atoms with Crippen LogP contribution >= 0.6 is 0 Å². The number of hydrogen-bond acceptors (Lipinski definition) is 3. The lowest BCUT2D eigenvalue weighted by Crippen LogP contribution is -2.40. The second kappa shape index (κ2) is 5.31. The first-order chi connectivity index (χ1) is 10.1. The molecule has 3 rings (SSSR count). The first-order valence-corrected chi connectivity index (χ1v) is 7.28. The zero-order chi connectivity index (χ0) is 15.0. The minimum Gasteiger partial charge on any atom is -0.341 e. The maximum atomic E-state index is 12.4. The highest BCUT2D eigenvalue weighted by molar-refractivity contribution is 5.79. The van der Waals surface area contributed by atoms with Gasteiger partial charge in [0, 0.05) is 13.1 Å². The predicted molar refractivity (Wildman–Crippen MR) is 81.0 cm³/mol. The Labute approximate surface area is 123 Å². The Kier molecular flexibility index (Phi) is 3.49. The van der Waals surface area contributed by atoms with Gasteiger partial charge in [0.05, 0.1) is 17.2 Å². The minimum absolute atomic E-state index is 0.0459. The van der Waals surface area contributed by atoms with E-state index >= 15 is 0 Å². The summed E-state index contributed by atoms with van der Waals surface area (Å²) < 4.78 is 1.39. The maximum Gasteiger partial charge on any atom is 0.261 e. The summed E-state index contributed by atoms with van der Waals surface area (Å²) in [6.07, 6.45) is 3.84. The molecule has 2 aromatic rings. The molecule has 1 fully saturated rings. The van der Waals surface area contributed by atoms with E-state index in [0.29, 0.717) is 16.8 Å². The van der Waals surface area contributed by atoms with Crippen LogP contribution in [-0.4, -0.2) is 33.4 Å². The van der Waals surface area contributed by atoms with Gasteiger partial charge in [-0.15, -0.1) is 0 Å². The molecule has 0 bridgehead atoms. The van der Waals surface area contributed by atoms with Crippen molar-refractivity contribution < 1.29 is 4.79 Å². The van der Waals surface area contributed by atoms with Crippen LogP contribution in [0.3, 0.4) is 0 Å². The van der Waals surface area contributed by atoms with Crippen molar-refractivity contribution in [2.45, 2.75) is 32.4 Å². The zero-order valence-corrected chi connectivity index (χ0v) is 12.3. The van der Waals surface area contributed by atoms with Crippen molar-refractivity contribution in [2.75, 3.05) is 7.05 Å². The van der Waals surface area contributed by atoms with Gasteiger partial charge in [-0.1, -0.05) is 12.1 Å². The molecule has 5 heteroatoms. The normalized spacial score (nSPS) is 15.9. The van der Waals surface area contributed by atoms with Gasteiger partial charge >= 0.3 is 0 Å². The van der Waals surface area contributed by atoms with Gasteiger partial charge in [-0.05, 0) is 37.8 Å². The number of hydrogen-bond donors (Lipinski definition) is 0. The molecule has 0 N–H and O–H groups in total. The maximum absolute atomic E-state index is 12.4. The number of fused-ring (bicyclic) bond motifs is 1. The number of para-hydroxylation sites is 1. The molecule has 1 amide bonds. The number of benzene rings is 1. The third-order valence-electron chi connectivity index (χ3n) is 4.35. The number of rotatable bonds is 4. The molecule has 110 valence electrons. The van der Waals surface area contributed by atoms with Crippen molar-refractivity contribution in [3.8, 4) is 0 Å². The van der Waals surface area contributed by atoms with E-state index in [1.807, 2.05) is 13.1 Å². The third kappa shape index (κ3) is 2.68. The van der Waals surface area contributed by atoms with E-state index in [9.17, 15) is 9.59 Å². The van der Waals surface area contributed by atoms with Gasteiger partial charge in [0.2, 0.25) is 5.91 Å². The summed E-state index contributed by atoms with van der Waals surface area (Å²) in [4.78, 5) is 30.7. The van der Waals surface area contributed by atoms with Crippen LogP contribution < -0.4 is 5.56 Å². The van der Waals surface area contributed by atoms with E-state index < -0.39 is 0 Å². The molecule has 1 aromatic heterocycles. The fourth-order valence-corrected chi connectivity index (χ4v) is 2.60. The first kappa shape index (κ1) is 13.8. The molecule has 0 saturated heterocycles. The number of amides is 1. The topological polar surface area (TPSA) is 55.2 Å².